The fourth-order valence-corrected chi connectivity index (χ4v) is 3.83. The van der Waals surface area contributed by atoms with E-state index in [2.05, 4.69) is 29.2 Å². The summed E-state index contributed by atoms with van der Waals surface area (Å²) in [6, 6.07) is 23.8. The summed E-state index contributed by atoms with van der Waals surface area (Å²) in [6.07, 6.45) is 0.588. The molecule has 1 amide bonds. The number of fused-ring (bicyclic) bond motifs is 1. The van der Waals surface area contributed by atoms with Gasteiger partial charge in [-0.15, -0.1) is 0 Å². The molecule has 1 saturated heterocycles. The maximum Gasteiger partial charge on any atom is 0.415 e. The van der Waals surface area contributed by atoms with Crippen molar-refractivity contribution in [2.24, 2.45) is 0 Å². The van der Waals surface area contributed by atoms with E-state index < -0.39 is 0 Å². The number of para-hydroxylation sites is 1. The minimum Gasteiger partial charge on any atom is -0.410 e. The number of hydrogen-bond acceptors (Lipinski definition) is 4. The maximum absolute atomic E-state index is 13.0. The number of hydrogen-bond donors (Lipinski definition) is 0. The van der Waals surface area contributed by atoms with E-state index in [0.29, 0.717) is 18.8 Å². The Balaban J connectivity index is 1.47. The quantitative estimate of drug-likeness (QED) is 0.579. The summed E-state index contributed by atoms with van der Waals surface area (Å²) >= 11 is 0. The Labute approximate surface area is 177 Å². The van der Waals surface area contributed by atoms with Crippen molar-refractivity contribution in [2.45, 2.75) is 13.0 Å². The Hall–Kier alpha value is -2.89. The average Bonchev–Trinajstić information content (AvgIpc) is 2.80. The highest BCUT2D eigenvalue weighted by Crippen LogP contribution is 2.21. The second kappa shape index (κ2) is 10.2. The van der Waals surface area contributed by atoms with Crippen molar-refractivity contribution in [1.82, 2.24) is 9.80 Å². The van der Waals surface area contributed by atoms with Gasteiger partial charge in [0.1, 0.15) is 5.75 Å². The van der Waals surface area contributed by atoms with Crippen LogP contribution in [-0.4, -0.2) is 55.3 Å². The number of carbonyl (C=O) groups is 1. The third-order valence-corrected chi connectivity index (χ3v) is 5.45. The third-order valence-electron chi connectivity index (χ3n) is 5.45. The Morgan fingerprint density at radius 3 is 2.50 bits per heavy atom. The second-order valence-electron chi connectivity index (χ2n) is 7.55. The molecule has 1 aliphatic rings. The van der Waals surface area contributed by atoms with Crippen LogP contribution in [0, 0.1) is 0 Å². The molecule has 0 aromatic heterocycles. The van der Waals surface area contributed by atoms with Crippen molar-refractivity contribution in [3.8, 4) is 5.75 Å². The van der Waals surface area contributed by atoms with Crippen LogP contribution in [0.1, 0.15) is 12.0 Å². The van der Waals surface area contributed by atoms with Crippen molar-refractivity contribution < 1.29 is 14.3 Å². The highest BCUT2D eigenvalue weighted by Gasteiger charge is 2.18. The number of ether oxygens (including phenoxy) is 2. The summed E-state index contributed by atoms with van der Waals surface area (Å²) in [7, 11) is 0. The van der Waals surface area contributed by atoms with Gasteiger partial charge in [0.25, 0.3) is 0 Å². The van der Waals surface area contributed by atoms with Crippen LogP contribution in [-0.2, 0) is 11.3 Å². The van der Waals surface area contributed by atoms with Gasteiger partial charge in [-0.05, 0) is 34.9 Å². The van der Waals surface area contributed by atoms with Gasteiger partial charge in [-0.1, -0.05) is 60.7 Å². The molecule has 1 fully saturated rings. The molecule has 0 aliphatic carbocycles. The van der Waals surface area contributed by atoms with Gasteiger partial charge in [0.05, 0.1) is 13.2 Å². The van der Waals surface area contributed by atoms with Gasteiger partial charge < -0.3 is 14.4 Å². The number of benzene rings is 3. The van der Waals surface area contributed by atoms with Crippen molar-refractivity contribution in [2.75, 3.05) is 39.4 Å². The topological polar surface area (TPSA) is 42.0 Å². The first kappa shape index (κ1) is 20.4. The lowest BCUT2D eigenvalue weighted by molar-refractivity contribution is 0.0361. The minimum atomic E-state index is -0.309. The van der Waals surface area contributed by atoms with Crippen LogP contribution in [0.5, 0.6) is 5.75 Å². The molecule has 156 valence electrons. The van der Waals surface area contributed by atoms with Crippen molar-refractivity contribution in [3.63, 3.8) is 0 Å². The third kappa shape index (κ3) is 5.38. The second-order valence-corrected chi connectivity index (χ2v) is 7.55. The van der Waals surface area contributed by atoms with Crippen LogP contribution >= 0.6 is 0 Å². The summed E-state index contributed by atoms with van der Waals surface area (Å²) in [5.74, 6) is 0.568. The van der Waals surface area contributed by atoms with E-state index in [1.165, 1.54) is 10.8 Å². The van der Waals surface area contributed by atoms with Gasteiger partial charge in [-0.25, -0.2) is 4.79 Å². The Kier molecular flexibility index (Phi) is 6.95. The molecule has 0 spiro atoms. The predicted molar refractivity (Wildman–Crippen MR) is 119 cm³/mol. The standard InChI is InChI=1S/C25H28N2O3/c28-25(30-23-11-2-1-3-12-23)27(15-7-14-26-16-18-29-19-17-26)20-22-10-6-9-21-8-4-5-13-24(21)22/h1-6,8-13H,7,14-20H2. The molecule has 0 unspecified atom stereocenters. The molecule has 0 N–H and O–H groups in total. The normalized spacial score (nSPS) is 14.5. The van der Waals surface area contributed by atoms with Crippen LogP contribution in [0.4, 0.5) is 4.79 Å². The number of rotatable bonds is 7. The SMILES string of the molecule is O=C(Oc1ccccc1)N(CCCN1CCOCC1)Cc1cccc2ccccc12. The van der Waals surface area contributed by atoms with Gasteiger partial charge in [0, 0.05) is 32.7 Å². The summed E-state index contributed by atoms with van der Waals surface area (Å²) in [6.45, 7) is 5.61. The Bertz CT molecular complexity index is 950. The lowest BCUT2D eigenvalue weighted by Gasteiger charge is -2.28. The largest absolute Gasteiger partial charge is 0.415 e. The molecule has 4 rings (SSSR count). The first-order chi connectivity index (χ1) is 14.8. The first-order valence-electron chi connectivity index (χ1n) is 10.6. The van der Waals surface area contributed by atoms with Gasteiger partial charge in [-0.3, -0.25) is 4.90 Å². The van der Waals surface area contributed by atoms with Gasteiger partial charge in [-0.2, -0.15) is 0 Å². The van der Waals surface area contributed by atoms with E-state index >= 15 is 0 Å². The number of morpholine rings is 1. The lowest BCUT2D eigenvalue weighted by atomic mass is 10.0. The van der Waals surface area contributed by atoms with E-state index in [9.17, 15) is 4.79 Å². The Morgan fingerprint density at radius 2 is 1.67 bits per heavy atom. The summed E-state index contributed by atoms with van der Waals surface area (Å²) in [4.78, 5) is 17.2. The number of amides is 1. The minimum absolute atomic E-state index is 0.309. The van der Waals surface area contributed by atoms with E-state index in [1.807, 2.05) is 53.4 Å². The fourth-order valence-electron chi connectivity index (χ4n) is 3.83. The maximum atomic E-state index is 13.0. The monoisotopic (exact) mass is 404 g/mol. The summed E-state index contributed by atoms with van der Waals surface area (Å²) in [5.41, 5.74) is 1.13. The fraction of sp³-hybridized carbons (Fsp3) is 0.320. The van der Waals surface area contributed by atoms with Gasteiger partial charge in [0.2, 0.25) is 0 Å². The zero-order chi connectivity index (χ0) is 20.6. The lowest BCUT2D eigenvalue weighted by Crippen LogP contribution is -2.39. The smallest absolute Gasteiger partial charge is 0.410 e. The molecule has 5 nitrogen and oxygen atoms in total. The van der Waals surface area contributed by atoms with Crippen molar-refractivity contribution in [3.05, 3.63) is 78.4 Å². The zero-order valence-electron chi connectivity index (χ0n) is 17.2. The zero-order valence-corrected chi connectivity index (χ0v) is 17.2. The van der Waals surface area contributed by atoms with Gasteiger partial charge >= 0.3 is 6.09 Å². The van der Waals surface area contributed by atoms with E-state index in [-0.39, 0.29) is 6.09 Å². The number of carbonyl (C=O) groups excluding carboxylic acids is 1. The molecule has 1 heterocycles. The van der Waals surface area contributed by atoms with Crippen LogP contribution in [0.15, 0.2) is 72.8 Å². The summed E-state index contributed by atoms with van der Waals surface area (Å²) < 4.78 is 11.1. The molecular formula is C25H28N2O3. The van der Waals surface area contributed by atoms with Crippen LogP contribution in [0.25, 0.3) is 10.8 Å². The molecule has 0 saturated carbocycles. The predicted octanol–water partition coefficient (Wildman–Crippen LogP) is 4.56. The molecular weight excluding hydrogens is 376 g/mol. The molecule has 0 atom stereocenters. The van der Waals surface area contributed by atoms with E-state index in [4.69, 9.17) is 9.47 Å². The molecule has 3 aromatic carbocycles. The Morgan fingerprint density at radius 1 is 0.933 bits per heavy atom. The summed E-state index contributed by atoms with van der Waals surface area (Å²) in [5, 5.41) is 2.35. The van der Waals surface area contributed by atoms with Crippen molar-refractivity contribution >= 4 is 16.9 Å². The highest BCUT2D eigenvalue weighted by molar-refractivity contribution is 5.86. The molecule has 5 heteroatoms. The molecule has 0 bridgehead atoms. The molecule has 0 radical (unpaired) electrons. The van der Waals surface area contributed by atoms with Crippen LogP contribution < -0.4 is 4.74 Å². The molecule has 3 aromatic rings. The van der Waals surface area contributed by atoms with E-state index in [1.54, 1.807) is 0 Å². The van der Waals surface area contributed by atoms with Crippen molar-refractivity contribution in [1.29, 1.82) is 0 Å². The average molecular weight is 405 g/mol. The van der Waals surface area contributed by atoms with Crippen LogP contribution in [0.3, 0.4) is 0 Å². The van der Waals surface area contributed by atoms with Crippen LogP contribution in [0.2, 0.25) is 0 Å². The number of nitrogens with zero attached hydrogens (tertiary/aromatic N) is 2. The first-order valence-corrected chi connectivity index (χ1v) is 10.6. The molecule has 30 heavy (non-hydrogen) atoms. The van der Waals surface area contributed by atoms with Gasteiger partial charge in [0.15, 0.2) is 0 Å². The molecule has 1 aliphatic heterocycles. The van der Waals surface area contributed by atoms with E-state index in [0.717, 1.165) is 44.8 Å². The highest BCUT2D eigenvalue weighted by atomic mass is 16.6.